The largest absolute Gasteiger partial charge is 0.481 e. The Kier molecular flexibility index (Phi) is 5.13. The van der Waals surface area contributed by atoms with Gasteiger partial charge in [-0.15, -0.1) is 0 Å². The second kappa shape index (κ2) is 6.41. The number of carbonyl (C=O) groups is 2. The van der Waals surface area contributed by atoms with E-state index in [1.807, 2.05) is 19.1 Å². The summed E-state index contributed by atoms with van der Waals surface area (Å²) < 4.78 is 5.18. The molecule has 0 fully saturated rings. The van der Waals surface area contributed by atoms with Crippen molar-refractivity contribution in [2.75, 3.05) is 5.32 Å². The van der Waals surface area contributed by atoms with Gasteiger partial charge in [0.2, 0.25) is 0 Å². The van der Waals surface area contributed by atoms with Crippen molar-refractivity contribution in [1.82, 2.24) is 0 Å². The Balaban J connectivity index is 2.68. The van der Waals surface area contributed by atoms with Crippen molar-refractivity contribution in [2.45, 2.75) is 46.1 Å². The molecule has 20 heavy (non-hydrogen) atoms. The van der Waals surface area contributed by atoms with Crippen LogP contribution >= 0.6 is 0 Å². The number of carbonyl (C=O) groups excluding carboxylic acids is 1. The molecule has 1 aromatic carbocycles. The van der Waals surface area contributed by atoms with Crippen LogP contribution < -0.4 is 5.32 Å². The number of carboxylic acids is 1. The maximum Gasteiger partial charge on any atom is 0.412 e. The third kappa shape index (κ3) is 5.73. The molecule has 0 aliphatic carbocycles. The Morgan fingerprint density at radius 1 is 1.30 bits per heavy atom. The summed E-state index contributed by atoms with van der Waals surface area (Å²) in [7, 11) is 0. The number of ether oxygens (including phenoxy) is 1. The van der Waals surface area contributed by atoms with E-state index < -0.39 is 17.7 Å². The summed E-state index contributed by atoms with van der Waals surface area (Å²) in [4.78, 5) is 22.2. The van der Waals surface area contributed by atoms with Gasteiger partial charge in [0.15, 0.2) is 0 Å². The number of hydrogen-bond donors (Lipinski definition) is 2. The van der Waals surface area contributed by atoms with E-state index in [9.17, 15) is 9.59 Å². The summed E-state index contributed by atoms with van der Waals surface area (Å²) in [5, 5.41) is 11.3. The van der Waals surface area contributed by atoms with Crippen LogP contribution in [0.5, 0.6) is 0 Å². The van der Waals surface area contributed by atoms with Gasteiger partial charge in [0.1, 0.15) is 5.60 Å². The van der Waals surface area contributed by atoms with Crippen LogP contribution in [0, 0.1) is 6.92 Å². The number of aliphatic carboxylic acids is 1. The predicted octanol–water partition coefficient (Wildman–Crippen LogP) is 3.36. The lowest BCUT2D eigenvalue weighted by atomic mass is 10.1. The van der Waals surface area contributed by atoms with Gasteiger partial charge in [-0.2, -0.15) is 0 Å². The summed E-state index contributed by atoms with van der Waals surface area (Å²) in [6.07, 6.45) is 0.0696. The number of amides is 1. The second-order valence-corrected chi connectivity index (χ2v) is 5.67. The van der Waals surface area contributed by atoms with Crippen molar-refractivity contribution >= 4 is 17.7 Å². The molecule has 0 unspecified atom stereocenters. The first-order valence-electron chi connectivity index (χ1n) is 6.49. The van der Waals surface area contributed by atoms with E-state index in [1.165, 1.54) is 0 Å². The van der Waals surface area contributed by atoms with Gasteiger partial charge in [-0.25, -0.2) is 4.79 Å². The molecule has 0 spiro atoms. The van der Waals surface area contributed by atoms with Crippen LogP contribution in [0.4, 0.5) is 10.5 Å². The van der Waals surface area contributed by atoms with Crippen LogP contribution in [-0.4, -0.2) is 22.8 Å². The van der Waals surface area contributed by atoms with Gasteiger partial charge >= 0.3 is 12.1 Å². The van der Waals surface area contributed by atoms with Crippen molar-refractivity contribution in [3.63, 3.8) is 0 Å². The summed E-state index contributed by atoms with van der Waals surface area (Å²) in [5.74, 6) is -0.821. The molecule has 0 aliphatic heterocycles. The van der Waals surface area contributed by atoms with E-state index in [1.54, 1.807) is 26.8 Å². The van der Waals surface area contributed by atoms with Crippen molar-refractivity contribution in [3.8, 4) is 0 Å². The molecule has 0 heterocycles. The van der Waals surface area contributed by atoms with Crippen molar-refractivity contribution in [2.24, 2.45) is 0 Å². The molecule has 0 radical (unpaired) electrons. The minimum atomic E-state index is -0.821. The first kappa shape index (κ1) is 16.0. The number of benzene rings is 1. The molecule has 0 atom stereocenters. The monoisotopic (exact) mass is 279 g/mol. The van der Waals surface area contributed by atoms with E-state index in [-0.39, 0.29) is 6.42 Å². The zero-order valence-corrected chi connectivity index (χ0v) is 12.3. The number of nitrogens with one attached hydrogen (secondary N) is 1. The third-order valence-corrected chi connectivity index (χ3v) is 2.55. The Labute approximate surface area is 118 Å². The predicted molar refractivity (Wildman–Crippen MR) is 77.0 cm³/mol. The number of aryl methyl sites for hydroxylation is 2. The summed E-state index contributed by atoms with van der Waals surface area (Å²) >= 11 is 0. The maximum absolute atomic E-state index is 11.7. The van der Waals surface area contributed by atoms with Gasteiger partial charge in [-0.1, -0.05) is 12.1 Å². The van der Waals surface area contributed by atoms with Crippen LogP contribution in [0.25, 0.3) is 0 Å². The van der Waals surface area contributed by atoms with Crippen LogP contribution in [-0.2, 0) is 16.0 Å². The molecule has 5 heteroatoms. The second-order valence-electron chi connectivity index (χ2n) is 5.67. The topological polar surface area (TPSA) is 75.6 Å². The highest BCUT2D eigenvalue weighted by atomic mass is 16.6. The van der Waals surface area contributed by atoms with E-state index in [2.05, 4.69) is 5.32 Å². The zero-order chi connectivity index (χ0) is 15.3. The molecular weight excluding hydrogens is 258 g/mol. The average Bonchev–Trinajstić information content (AvgIpc) is 2.27. The van der Waals surface area contributed by atoms with Crippen molar-refractivity contribution < 1.29 is 19.4 Å². The number of rotatable bonds is 4. The Morgan fingerprint density at radius 2 is 1.95 bits per heavy atom. The molecule has 110 valence electrons. The van der Waals surface area contributed by atoms with E-state index >= 15 is 0 Å². The molecule has 1 aromatic rings. The Bertz CT molecular complexity index is 503. The molecule has 0 saturated carbocycles. The lowest BCUT2D eigenvalue weighted by Crippen LogP contribution is -2.27. The molecule has 1 amide bonds. The smallest absolute Gasteiger partial charge is 0.412 e. The molecule has 2 N–H and O–H groups in total. The third-order valence-electron chi connectivity index (χ3n) is 2.55. The van der Waals surface area contributed by atoms with Gasteiger partial charge in [0.05, 0.1) is 0 Å². The average molecular weight is 279 g/mol. The normalized spacial score (nSPS) is 11.0. The number of hydrogen-bond acceptors (Lipinski definition) is 3. The number of carboxylic acid groups (broad SMARTS) is 1. The number of anilines is 1. The van der Waals surface area contributed by atoms with E-state index in [0.717, 1.165) is 11.1 Å². The fourth-order valence-corrected chi connectivity index (χ4v) is 1.69. The van der Waals surface area contributed by atoms with Crippen LogP contribution in [0.2, 0.25) is 0 Å². The summed E-state index contributed by atoms with van der Waals surface area (Å²) in [6.45, 7) is 7.26. The van der Waals surface area contributed by atoms with Crippen LogP contribution in [0.3, 0.4) is 0 Å². The minimum Gasteiger partial charge on any atom is -0.481 e. The standard InChI is InChI=1S/C15H21NO4/c1-10-9-11(6-8-13(17)18)5-7-12(10)16-14(19)20-15(2,3)4/h5,7,9H,6,8H2,1-4H3,(H,16,19)(H,17,18). The van der Waals surface area contributed by atoms with Crippen molar-refractivity contribution in [1.29, 1.82) is 0 Å². The lowest BCUT2D eigenvalue weighted by molar-refractivity contribution is -0.136. The highest BCUT2D eigenvalue weighted by Crippen LogP contribution is 2.19. The Morgan fingerprint density at radius 3 is 2.45 bits per heavy atom. The van der Waals surface area contributed by atoms with Gasteiger partial charge in [-0.05, 0) is 51.3 Å². The minimum absolute atomic E-state index is 0.0955. The summed E-state index contributed by atoms with van der Waals surface area (Å²) in [6, 6.07) is 5.44. The van der Waals surface area contributed by atoms with E-state index in [4.69, 9.17) is 9.84 Å². The van der Waals surface area contributed by atoms with Gasteiger partial charge in [0, 0.05) is 12.1 Å². The fourth-order valence-electron chi connectivity index (χ4n) is 1.69. The highest BCUT2D eigenvalue weighted by molar-refractivity contribution is 5.86. The molecule has 0 bridgehead atoms. The van der Waals surface area contributed by atoms with Crippen LogP contribution in [0.1, 0.15) is 38.3 Å². The molecule has 1 rings (SSSR count). The highest BCUT2D eigenvalue weighted by Gasteiger charge is 2.16. The van der Waals surface area contributed by atoms with Crippen LogP contribution in [0.15, 0.2) is 18.2 Å². The van der Waals surface area contributed by atoms with Gasteiger partial charge < -0.3 is 9.84 Å². The quantitative estimate of drug-likeness (QED) is 0.886. The maximum atomic E-state index is 11.7. The van der Waals surface area contributed by atoms with Crippen molar-refractivity contribution in [3.05, 3.63) is 29.3 Å². The SMILES string of the molecule is Cc1cc(CCC(=O)O)ccc1NC(=O)OC(C)(C)C. The molecule has 0 saturated heterocycles. The molecule has 5 nitrogen and oxygen atoms in total. The Hall–Kier alpha value is -2.04. The lowest BCUT2D eigenvalue weighted by Gasteiger charge is -2.20. The van der Waals surface area contributed by atoms with E-state index in [0.29, 0.717) is 12.1 Å². The first-order chi connectivity index (χ1) is 9.17. The fraction of sp³-hybridized carbons (Fsp3) is 0.467. The molecule has 0 aliphatic rings. The zero-order valence-electron chi connectivity index (χ0n) is 12.3. The van der Waals surface area contributed by atoms with Gasteiger partial charge in [0.25, 0.3) is 0 Å². The van der Waals surface area contributed by atoms with Gasteiger partial charge in [-0.3, -0.25) is 10.1 Å². The first-order valence-corrected chi connectivity index (χ1v) is 6.49. The summed E-state index contributed by atoms with van der Waals surface area (Å²) in [5.41, 5.74) is 1.93. The molecular formula is C15H21NO4. The molecule has 0 aromatic heterocycles.